The molecule has 0 saturated heterocycles. The van der Waals surface area contributed by atoms with Crippen molar-refractivity contribution in [2.24, 2.45) is 0 Å². The van der Waals surface area contributed by atoms with Gasteiger partial charge in [0.1, 0.15) is 11.5 Å². The standard InChI is InChI=1S/C16H17ClO3S/c1-10-7-11(2)13(4)15(8-10)20-14-5-6-16(12(3)9-14)21(17,18)19/h5-9H,1-4H3. The summed E-state index contributed by atoms with van der Waals surface area (Å²) in [6.07, 6.45) is 0. The van der Waals surface area contributed by atoms with E-state index in [1.54, 1.807) is 19.1 Å². The summed E-state index contributed by atoms with van der Waals surface area (Å²) in [6, 6.07) is 8.80. The average Bonchev–Trinajstić information content (AvgIpc) is 2.33. The zero-order chi connectivity index (χ0) is 15.8. The first kappa shape index (κ1) is 15.9. The first-order chi connectivity index (χ1) is 9.68. The maximum absolute atomic E-state index is 11.4. The Balaban J connectivity index is 2.40. The average molecular weight is 325 g/mol. The second kappa shape index (κ2) is 5.70. The van der Waals surface area contributed by atoms with E-state index in [1.165, 1.54) is 6.07 Å². The van der Waals surface area contributed by atoms with E-state index in [-0.39, 0.29) is 4.90 Å². The number of hydrogen-bond acceptors (Lipinski definition) is 3. The fourth-order valence-corrected chi connectivity index (χ4v) is 3.39. The highest BCUT2D eigenvalue weighted by Crippen LogP contribution is 2.31. The number of rotatable bonds is 3. The third kappa shape index (κ3) is 3.57. The Morgan fingerprint density at radius 1 is 0.952 bits per heavy atom. The van der Waals surface area contributed by atoms with Crippen LogP contribution in [0.2, 0.25) is 0 Å². The number of aryl methyl sites for hydroxylation is 3. The Hall–Kier alpha value is -1.52. The van der Waals surface area contributed by atoms with Crippen LogP contribution in [0, 0.1) is 27.7 Å². The molecule has 0 heterocycles. The molecule has 0 radical (unpaired) electrons. The predicted octanol–water partition coefficient (Wildman–Crippen LogP) is 4.64. The highest BCUT2D eigenvalue weighted by atomic mass is 35.7. The van der Waals surface area contributed by atoms with E-state index in [1.807, 2.05) is 26.8 Å². The smallest absolute Gasteiger partial charge is 0.261 e. The van der Waals surface area contributed by atoms with Gasteiger partial charge in [-0.25, -0.2) is 8.42 Å². The second-order valence-corrected chi connectivity index (χ2v) is 7.71. The van der Waals surface area contributed by atoms with Crippen molar-refractivity contribution in [2.45, 2.75) is 32.6 Å². The van der Waals surface area contributed by atoms with Gasteiger partial charge in [-0.05, 0) is 74.2 Å². The number of halogens is 1. The molecule has 0 atom stereocenters. The van der Waals surface area contributed by atoms with Crippen LogP contribution >= 0.6 is 10.7 Å². The van der Waals surface area contributed by atoms with Crippen LogP contribution in [0.15, 0.2) is 35.2 Å². The number of benzene rings is 2. The molecule has 0 aliphatic heterocycles. The van der Waals surface area contributed by atoms with Crippen LogP contribution in [0.3, 0.4) is 0 Å². The normalized spacial score (nSPS) is 11.5. The van der Waals surface area contributed by atoms with Crippen molar-refractivity contribution in [1.82, 2.24) is 0 Å². The highest BCUT2D eigenvalue weighted by Gasteiger charge is 2.14. The van der Waals surface area contributed by atoms with Crippen molar-refractivity contribution in [2.75, 3.05) is 0 Å². The van der Waals surface area contributed by atoms with Gasteiger partial charge in [0.25, 0.3) is 9.05 Å². The predicted molar refractivity (Wildman–Crippen MR) is 84.9 cm³/mol. The van der Waals surface area contributed by atoms with Crippen molar-refractivity contribution in [1.29, 1.82) is 0 Å². The molecule has 0 bridgehead atoms. The van der Waals surface area contributed by atoms with Gasteiger partial charge in [-0.1, -0.05) is 6.07 Å². The van der Waals surface area contributed by atoms with E-state index in [4.69, 9.17) is 15.4 Å². The van der Waals surface area contributed by atoms with Crippen molar-refractivity contribution in [3.63, 3.8) is 0 Å². The maximum atomic E-state index is 11.4. The van der Waals surface area contributed by atoms with Crippen LogP contribution in [0.5, 0.6) is 11.5 Å². The van der Waals surface area contributed by atoms with E-state index < -0.39 is 9.05 Å². The first-order valence-corrected chi connectivity index (χ1v) is 8.80. The van der Waals surface area contributed by atoms with Crippen molar-refractivity contribution >= 4 is 19.7 Å². The molecule has 0 aliphatic carbocycles. The summed E-state index contributed by atoms with van der Waals surface area (Å²) in [5, 5.41) is 0. The lowest BCUT2D eigenvalue weighted by molar-refractivity contribution is 0.477. The minimum atomic E-state index is -3.73. The van der Waals surface area contributed by atoms with E-state index in [9.17, 15) is 8.42 Å². The van der Waals surface area contributed by atoms with Gasteiger partial charge in [0.2, 0.25) is 0 Å². The molecule has 5 heteroatoms. The van der Waals surface area contributed by atoms with Crippen molar-refractivity contribution < 1.29 is 13.2 Å². The Morgan fingerprint density at radius 2 is 1.62 bits per heavy atom. The third-order valence-electron chi connectivity index (χ3n) is 3.40. The monoisotopic (exact) mass is 324 g/mol. The van der Waals surface area contributed by atoms with E-state index in [2.05, 4.69) is 6.07 Å². The molecule has 112 valence electrons. The van der Waals surface area contributed by atoms with Crippen LogP contribution in [-0.2, 0) is 9.05 Å². The lowest BCUT2D eigenvalue weighted by Crippen LogP contribution is -1.96. The Morgan fingerprint density at radius 3 is 2.19 bits per heavy atom. The zero-order valence-corrected chi connectivity index (χ0v) is 14.0. The lowest BCUT2D eigenvalue weighted by Gasteiger charge is -2.13. The SMILES string of the molecule is Cc1cc(C)c(C)c(Oc2ccc(S(=O)(=O)Cl)c(C)c2)c1. The lowest BCUT2D eigenvalue weighted by atomic mass is 10.1. The summed E-state index contributed by atoms with van der Waals surface area (Å²) in [6.45, 7) is 7.72. The molecular weight excluding hydrogens is 308 g/mol. The van der Waals surface area contributed by atoms with Crippen LogP contribution < -0.4 is 4.74 Å². The molecule has 0 aromatic heterocycles. The van der Waals surface area contributed by atoms with Gasteiger partial charge in [-0.15, -0.1) is 0 Å². The molecule has 2 rings (SSSR count). The van der Waals surface area contributed by atoms with Crippen LogP contribution in [0.4, 0.5) is 0 Å². The molecule has 3 nitrogen and oxygen atoms in total. The Labute approximate surface area is 129 Å². The fraction of sp³-hybridized carbons (Fsp3) is 0.250. The van der Waals surface area contributed by atoms with E-state index in [0.29, 0.717) is 11.3 Å². The van der Waals surface area contributed by atoms with Crippen LogP contribution in [-0.4, -0.2) is 8.42 Å². The third-order valence-corrected chi connectivity index (χ3v) is 4.88. The largest absolute Gasteiger partial charge is 0.457 e. The minimum absolute atomic E-state index is 0.105. The molecule has 0 unspecified atom stereocenters. The molecular formula is C16H17ClO3S. The van der Waals surface area contributed by atoms with Crippen molar-refractivity contribution in [3.05, 3.63) is 52.6 Å². The molecule has 2 aromatic rings. The van der Waals surface area contributed by atoms with Gasteiger partial charge in [0.05, 0.1) is 4.90 Å². The summed E-state index contributed by atoms with van der Waals surface area (Å²) in [7, 11) is 1.65. The molecule has 0 saturated carbocycles. The molecule has 0 spiro atoms. The summed E-state index contributed by atoms with van der Waals surface area (Å²) >= 11 is 0. The van der Waals surface area contributed by atoms with Crippen molar-refractivity contribution in [3.8, 4) is 11.5 Å². The van der Waals surface area contributed by atoms with Gasteiger partial charge < -0.3 is 4.74 Å². The quantitative estimate of drug-likeness (QED) is 0.772. The van der Waals surface area contributed by atoms with Gasteiger partial charge in [0.15, 0.2) is 0 Å². The minimum Gasteiger partial charge on any atom is -0.457 e. The van der Waals surface area contributed by atoms with Gasteiger partial charge in [-0.2, -0.15) is 0 Å². The van der Waals surface area contributed by atoms with Gasteiger partial charge >= 0.3 is 0 Å². The number of hydrogen-bond donors (Lipinski definition) is 0. The summed E-state index contributed by atoms with van der Waals surface area (Å²) in [4.78, 5) is 0.105. The second-order valence-electron chi connectivity index (χ2n) is 5.17. The molecule has 0 fully saturated rings. The molecule has 21 heavy (non-hydrogen) atoms. The zero-order valence-electron chi connectivity index (χ0n) is 12.4. The Bertz CT molecular complexity index is 795. The number of ether oxygens (including phenoxy) is 1. The molecule has 0 aliphatic rings. The maximum Gasteiger partial charge on any atom is 0.261 e. The topological polar surface area (TPSA) is 43.4 Å². The highest BCUT2D eigenvalue weighted by molar-refractivity contribution is 8.13. The van der Waals surface area contributed by atoms with Gasteiger partial charge in [-0.3, -0.25) is 0 Å². The first-order valence-electron chi connectivity index (χ1n) is 6.49. The molecule has 0 N–H and O–H groups in total. The van der Waals surface area contributed by atoms with E-state index in [0.717, 1.165) is 22.4 Å². The van der Waals surface area contributed by atoms with Gasteiger partial charge in [0, 0.05) is 10.7 Å². The summed E-state index contributed by atoms with van der Waals surface area (Å²) < 4.78 is 28.7. The molecule has 0 amide bonds. The summed E-state index contributed by atoms with van der Waals surface area (Å²) in [5.74, 6) is 1.36. The van der Waals surface area contributed by atoms with Crippen LogP contribution in [0.25, 0.3) is 0 Å². The summed E-state index contributed by atoms with van der Waals surface area (Å²) in [5.41, 5.74) is 3.89. The van der Waals surface area contributed by atoms with E-state index >= 15 is 0 Å². The fourth-order valence-electron chi connectivity index (χ4n) is 2.19. The Kier molecular flexibility index (Phi) is 4.30. The molecule has 2 aromatic carbocycles. The van der Waals surface area contributed by atoms with Crippen LogP contribution in [0.1, 0.15) is 22.3 Å².